The first-order valence-corrected chi connectivity index (χ1v) is 8.71. The molecular formula is C15H19N3O3S. The molecule has 1 aromatic rings. The lowest BCUT2D eigenvalue weighted by Gasteiger charge is -2.41. The monoisotopic (exact) mass is 321 g/mol. The second-order valence-corrected chi connectivity index (χ2v) is 7.29. The maximum Gasteiger partial charge on any atom is 0.232 e. The van der Waals surface area contributed by atoms with Crippen molar-refractivity contribution in [1.82, 2.24) is 9.88 Å². The topological polar surface area (TPSA) is 71.5 Å². The zero-order valence-electron chi connectivity index (χ0n) is 12.2. The maximum absolute atomic E-state index is 12.5. The summed E-state index contributed by atoms with van der Waals surface area (Å²) in [6.07, 6.45) is 6.09. The molecule has 3 fully saturated rings. The van der Waals surface area contributed by atoms with Gasteiger partial charge in [0, 0.05) is 30.6 Å². The molecule has 6 nitrogen and oxygen atoms in total. The molecule has 0 spiro atoms. The molecule has 0 saturated carbocycles. The molecular weight excluding hydrogens is 302 g/mol. The fourth-order valence-corrected chi connectivity index (χ4v) is 4.17. The Balaban J connectivity index is 1.28. The maximum atomic E-state index is 12.5. The molecule has 0 aliphatic carbocycles. The van der Waals surface area contributed by atoms with Crippen LogP contribution < -0.4 is 5.32 Å². The average molecular weight is 321 g/mol. The van der Waals surface area contributed by atoms with Crippen LogP contribution >= 0.6 is 11.3 Å². The number of amides is 2. The molecule has 3 saturated heterocycles. The number of likely N-dealkylation sites (tertiary alicyclic amines) is 1. The van der Waals surface area contributed by atoms with Crippen molar-refractivity contribution in [3.63, 3.8) is 0 Å². The predicted octanol–water partition coefficient (Wildman–Crippen LogP) is 1.50. The van der Waals surface area contributed by atoms with Gasteiger partial charge in [-0.25, -0.2) is 4.98 Å². The first kappa shape index (κ1) is 14.1. The van der Waals surface area contributed by atoms with Gasteiger partial charge in [-0.3, -0.25) is 9.59 Å². The van der Waals surface area contributed by atoms with E-state index in [1.165, 1.54) is 11.3 Å². The molecule has 4 heterocycles. The highest BCUT2D eigenvalue weighted by Crippen LogP contribution is 2.37. The van der Waals surface area contributed by atoms with Crippen molar-refractivity contribution >= 4 is 28.3 Å². The minimum Gasteiger partial charge on any atom is -0.375 e. The van der Waals surface area contributed by atoms with E-state index in [4.69, 9.17) is 4.74 Å². The largest absolute Gasteiger partial charge is 0.375 e. The quantitative estimate of drug-likeness (QED) is 0.916. The van der Waals surface area contributed by atoms with Gasteiger partial charge in [-0.1, -0.05) is 0 Å². The average Bonchev–Trinajstić information content (AvgIpc) is 3.06. The molecule has 1 unspecified atom stereocenters. The van der Waals surface area contributed by atoms with Crippen LogP contribution in [0.4, 0.5) is 5.13 Å². The number of hydrogen-bond acceptors (Lipinski definition) is 5. The molecule has 1 N–H and O–H groups in total. The van der Waals surface area contributed by atoms with Crippen molar-refractivity contribution in [2.24, 2.45) is 11.8 Å². The number of nitrogens with zero attached hydrogens (tertiary/aromatic N) is 2. The second kappa shape index (κ2) is 5.62. The van der Waals surface area contributed by atoms with Crippen LogP contribution in [0.15, 0.2) is 11.6 Å². The van der Waals surface area contributed by atoms with Crippen molar-refractivity contribution in [2.75, 3.05) is 18.4 Å². The van der Waals surface area contributed by atoms with Gasteiger partial charge in [0.1, 0.15) is 0 Å². The van der Waals surface area contributed by atoms with E-state index in [1.807, 2.05) is 10.3 Å². The Hall–Kier alpha value is -1.47. The lowest BCUT2D eigenvalue weighted by molar-refractivity contribution is -0.150. The Morgan fingerprint density at radius 2 is 1.95 bits per heavy atom. The van der Waals surface area contributed by atoms with Crippen LogP contribution in [-0.2, 0) is 14.3 Å². The van der Waals surface area contributed by atoms with Gasteiger partial charge in [0.05, 0.1) is 18.1 Å². The summed E-state index contributed by atoms with van der Waals surface area (Å²) in [5.41, 5.74) is 0. The van der Waals surface area contributed by atoms with Crippen LogP contribution in [0.3, 0.4) is 0 Å². The zero-order chi connectivity index (χ0) is 15.1. The summed E-state index contributed by atoms with van der Waals surface area (Å²) in [5, 5.41) is 5.24. The smallest absolute Gasteiger partial charge is 0.232 e. The van der Waals surface area contributed by atoms with Crippen LogP contribution in [0, 0.1) is 11.8 Å². The van der Waals surface area contributed by atoms with Crippen LogP contribution in [0.1, 0.15) is 25.7 Å². The van der Waals surface area contributed by atoms with Gasteiger partial charge >= 0.3 is 0 Å². The molecule has 3 aliphatic heterocycles. The normalized spacial score (nSPS) is 30.9. The number of thiazole rings is 1. The van der Waals surface area contributed by atoms with Crippen LogP contribution in [0.25, 0.3) is 0 Å². The van der Waals surface area contributed by atoms with Gasteiger partial charge in [0.15, 0.2) is 5.13 Å². The fraction of sp³-hybridized carbons (Fsp3) is 0.667. The molecule has 2 bridgehead atoms. The highest BCUT2D eigenvalue weighted by atomic mass is 32.1. The number of hydrogen-bond donors (Lipinski definition) is 1. The standard InChI is InChI=1S/C15H19N3O3S/c19-13(17-15-16-3-4-22-15)10-7-18(8-10)14(20)9-5-11-1-2-12(6-9)21-11/h3-4,9-12H,1-2,5-8H2,(H,16,17,19)/t9?,11-,12+. The van der Waals surface area contributed by atoms with Crippen molar-refractivity contribution in [2.45, 2.75) is 37.9 Å². The van der Waals surface area contributed by atoms with Gasteiger partial charge in [0.2, 0.25) is 11.8 Å². The SMILES string of the molecule is O=C(Nc1nccs1)C1CN(C(=O)C2C[C@H]3CC[C@@H](C2)O3)C1. The van der Waals surface area contributed by atoms with Crippen molar-refractivity contribution in [3.05, 3.63) is 11.6 Å². The Morgan fingerprint density at radius 1 is 1.23 bits per heavy atom. The van der Waals surface area contributed by atoms with E-state index >= 15 is 0 Å². The molecule has 1 aromatic heterocycles. The highest BCUT2D eigenvalue weighted by Gasteiger charge is 2.43. The summed E-state index contributed by atoms with van der Waals surface area (Å²) >= 11 is 1.40. The first-order valence-electron chi connectivity index (χ1n) is 7.83. The zero-order valence-corrected chi connectivity index (χ0v) is 13.1. The number of ether oxygens (including phenoxy) is 1. The summed E-state index contributed by atoms with van der Waals surface area (Å²) < 4.78 is 5.79. The molecule has 7 heteroatoms. The Bertz CT molecular complexity index is 559. The van der Waals surface area contributed by atoms with E-state index in [0.717, 1.165) is 25.7 Å². The minimum absolute atomic E-state index is 0.0361. The molecule has 4 rings (SSSR count). The van der Waals surface area contributed by atoms with Gasteiger partial charge in [-0.15, -0.1) is 11.3 Å². The van der Waals surface area contributed by atoms with E-state index in [0.29, 0.717) is 18.2 Å². The molecule has 3 aliphatic rings. The molecule has 118 valence electrons. The lowest BCUT2D eigenvalue weighted by atomic mass is 9.90. The number of aromatic nitrogens is 1. The molecule has 2 amide bonds. The summed E-state index contributed by atoms with van der Waals surface area (Å²) in [7, 11) is 0. The number of carbonyl (C=O) groups is 2. The Morgan fingerprint density at radius 3 is 2.59 bits per heavy atom. The lowest BCUT2D eigenvalue weighted by Crippen LogP contribution is -2.56. The third kappa shape index (κ3) is 2.63. The number of rotatable bonds is 3. The van der Waals surface area contributed by atoms with Gasteiger partial charge in [-0.05, 0) is 25.7 Å². The highest BCUT2D eigenvalue weighted by molar-refractivity contribution is 7.13. The number of anilines is 1. The summed E-state index contributed by atoms with van der Waals surface area (Å²) in [4.78, 5) is 30.4. The Kier molecular flexibility index (Phi) is 3.62. The van der Waals surface area contributed by atoms with Crippen LogP contribution in [-0.4, -0.2) is 47.0 Å². The minimum atomic E-state index is -0.107. The summed E-state index contributed by atoms with van der Waals surface area (Å²) in [6.45, 7) is 1.06. The molecule has 0 aromatic carbocycles. The van der Waals surface area contributed by atoms with E-state index in [-0.39, 0.29) is 35.9 Å². The summed E-state index contributed by atoms with van der Waals surface area (Å²) in [6, 6.07) is 0. The van der Waals surface area contributed by atoms with Crippen LogP contribution in [0.5, 0.6) is 0 Å². The van der Waals surface area contributed by atoms with Gasteiger partial charge in [-0.2, -0.15) is 0 Å². The van der Waals surface area contributed by atoms with E-state index in [2.05, 4.69) is 10.3 Å². The molecule has 22 heavy (non-hydrogen) atoms. The van der Waals surface area contributed by atoms with Crippen molar-refractivity contribution < 1.29 is 14.3 Å². The third-order valence-electron chi connectivity index (χ3n) is 4.87. The molecule has 0 radical (unpaired) electrons. The van der Waals surface area contributed by atoms with Gasteiger partial charge < -0.3 is 15.0 Å². The predicted molar refractivity (Wildman–Crippen MR) is 81.4 cm³/mol. The third-order valence-corrected chi connectivity index (χ3v) is 5.55. The number of nitrogens with one attached hydrogen (secondary N) is 1. The van der Waals surface area contributed by atoms with Crippen molar-refractivity contribution in [3.8, 4) is 0 Å². The van der Waals surface area contributed by atoms with E-state index in [9.17, 15) is 9.59 Å². The van der Waals surface area contributed by atoms with Gasteiger partial charge in [0.25, 0.3) is 0 Å². The Labute approximate surface area is 132 Å². The van der Waals surface area contributed by atoms with E-state index < -0.39 is 0 Å². The fourth-order valence-electron chi connectivity index (χ4n) is 3.63. The second-order valence-electron chi connectivity index (χ2n) is 6.39. The summed E-state index contributed by atoms with van der Waals surface area (Å²) in [5.74, 6) is 0.156. The molecule has 3 atom stereocenters. The van der Waals surface area contributed by atoms with Crippen molar-refractivity contribution in [1.29, 1.82) is 0 Å². The number of fused-ring (bicyclic) bond motifs is 2. The van der Waals surface area contributed by atoms with E-state index in [1.54, 1.807) is 6.20 Å². The van der Waals surface area contributed by atoms with Crippen LogP contribution in [0.2, 0.25) is 0 Å². The number of carbonyl (C=O) groups excluding carboxylic acids is 2. The first-order chi connectivity index (χ1) is 10.7.